The van der Waals surface area contributed by atoms with Crippen molar-refractivity contribution in [1.82, 2.24) is 10.0 Å². The van der Waals surface area contributed by atoms with Crippen LogP contribution in [0.1, 0.15) is 81.1 Å². The second-order valence-electron chi connectivity index (χ2n) is 6.03. The van der Waals surface area contributed by atoms with E-state index in [1.54, 1.807) is 6.20 Å². The average Bonchev–Trinajstić information content (AvgIpc) is 3.08. The average molecular weight is 417 g/mol. The van der Waals surface area contributed by atoms with Crippen molar-refractivity contribution in [2.75, 3.05) is 0 Å². The number of piperidine rings is 1. The van der Waals surface area contributed by atoms with Crippen molar-refractivity contribution in [3.63, 3.8) is 0 Å². The molecule has 0 N–H and O–H groups in total. The molecule has 1 aromatic carbocycles. The first-order valence-corrected chi connectivity index (χ1v) is 12.0. The predicted octanol–water partition coefficient (Wildman–Crippen LogP) is 7.55. The van der Waals surface area contributed by atoms with Gasteiger partial charge < -0.3 is 9.57 Å². The summed E-state index contributed by atoms with van der Waals surface area (Å²) in [6, 6.07) is 16.7. The van der Waals surface area contributed by atoms with Gasteiger partial charge in [0.05, 0.1) is 0 Å². The van der Waals surface area contributed by atoms with E-state index in [9.17, 15) is 0 Å². The molecular formula is C26H44N2O2. The third kappa shape index (κ3) is 8.74. The Morgan fingerprint density at radius 3 is 1.77 bits per heavy atom. The number of aromatic nitrogens is 1. The summed E-state index contributed by atoms with van der Waals surface area (Å²) in [6.07, 6.45) is 6.42. The zero-order valence-electron chi connectivity index (χ0n) is 20.5. The van der Waals surface area contributed by atoms with Gasteiger partial charge in [-0.25, -0.2) is 4.98 Å². The lowest BCUT2D eigenvalue weighted by Crippen LogP contribution is -2.48. The molecule has 1 aromatic heterocycles. The molecule has 0 amide bonds. The molecule has 2 saturated heterocycles. The molecular weight excluding hydrogens is 372 g/mol. The van der Waals surface area contributed by atoms with Gasteiger partial charge in [-0.3, -0.25) is 0 Å². The zero-order valence-corrected chi connectivity index (χ0v) is 20.5. The number of pyridine rings is 1. The fourth-order valence-corrected chi connectivity index (χ4v) is 3.53. The SMILES string of the molecule is CC.CC.CC.CC.c1ccc(OC2C[C@H]3CC[C@@H](C2)N3Oc2ccccn2)cc1. The summed E-state index contributed by atoms with van der Waals surface area (Å²) < 4.78 is 6.14. The van der Waals surface area contributed by atoms with Crippen LogP contribution >= 0.6 is 0 Å². The maximum Gasteiger partial charge on any atom is 0.238 e. The Bertz CT molecular complexity index is 593. The predicted molar refractivity (Wildman–Crippen MR) is 129 cm³/mol. The van der Waals surface area contributed by atoms with Crippen molar-refractivity contribution in [2.24, 2.45) is 0 Å². The van der Waals surface area contributed by atoms with E-state index >= 15 is 0 Å². The maximum absolute atomic E-state index is 6.14. The van der Waals surface area contributed by atoms with Gasteiger partial charge in [-0.15, -0.1) is 5.06 Å². The van der Waals surface area contributed by atoms with Gasteiger partial charge in [-0.05, 0) is 31.0 Å². The van der Waals surface area contributed by atoms with Crippen molar-refractivity contribution in [1.29, 1.82) is 0 Å². The van der Waals surface area contributed by atoms with Gasteiger partial charge >= 0.3 is 0 Å². The lowest BCUT2D eigenvalue weighted by molar-refractivity contribution is -0.140. The topological polar surface area (TPSA) is 34.6 Å². The molecule has 4 nitrogen and oxygen atoms in total. The van der Waals surface area contributed by atoms with Gasteiger partial charge in [0, 0.05) is 37.2 Å². The Labute approximate surface area is 185 Å². The van der Waals surface area contributed by atoms with Crippen LogP contribution in [0.15, 0.2) is 54.7 Å². The fourth-order valence-electron chi connectivity index (χ4n) is 3.53. The third-order valence-corrected chi connectivity index (χ3v) is 4.51. The molecule has 2 aromatic rings. The Balaban J connectivity index is 0.000000948. The number of rotatable bonds is 4. The Morgan fingerprint density at radius 2 is 1.27 bits per heavy atom. The van der Waals surface area contributed by atoms with Crippen molar-refractivity contribution in [2.45, 2.75) is 99.3 Å². The molecule has 2 bridgehead atoms. The molecule has 30 heavy (non-hydrogen) atoms. The first kappa shape index (κ1) is 27.9. The Kier molecular flexibility index (Phi) is 16.5. The minimum atomic E-state index is 0.281. The number of hydroxylamine groups is 2. The molecule has 170 valence electrons. The van der Waals surface area contributed by atoms with Gasteiger partial charge in [-0.1, -0.05) is 79.7 Å². The second-order valence-corrected chi connectivity index (χ2v) is 6.03. The largest absolute Gasteiger partial charge is 0.490 e. The normalized spacial score (nSPS) is 21.0. The van der Waals surface area contributed by atoms with Gasteiger partial charge in [0.25, 0.3) is 0 Å². The molecule has 1 unspecified atom stereocenters. The highest BCUT2D eigenvalue weighted by molar-refractivity contribution is 5.21. The lowest BCUT2D eigenvalue weighted by atomic mass is 10.0. The van der Waals surface area contributed by atoms with Crippen LogP contribution in [0.3, 0.4) is 0 Å². The van der Waals surface area contributed by atoms with Gasteiger partial charge in [-0.2, -0.15) is 0 Å². The minimum Gasteiger partial charge on any atom is -0.490 e. The smallest absolute Gasteiger partial charge is 0.238 e. The van der Waals surface area contributed by atoms with E-state index in [0.717, 1.165) is 18.6 Å². The summed E-state index contributed by atoms with van der Waals surface area (Å²) in [7, 11) is 0. The summed E-state index contributed by atoms with van der Waals surface area (Å²) in [4.78, 5) is 10.3. The van der Waals surface area contributed by atoms with Crippen LogP contribution in [0.25, 0.3) is 0 Å². The Hall–Kier alpha value is -2.07. The Morgan fingerprint density at radius 1 is 0.733 bits per heavy atom. The first-order valence-electron chi connectivity index (χ1n) is 12.0. The van der Waals surface area contributed by atoms with E-state index in [-0.39, 0.29) is 6.10 Å². The van der Waals surface area contributed by atoms with Crippen molar-refractivity contribution in [3.05, 3.63) is 54.7 Å². The summed E-state index contributed by atoms with van der Waals surface area (Å²) in [5.41, 5.74) is 0. The molecule has 2 aliphatic rings. The summed E-state index contributed by atoms with van der Waals surface area (Å²) >= 11 is 0. The van der Waals surface area contributed by atoms with Gasteiger partial charge in [0.15, 0.2) is 0 Å². The molecule has 0 radical (unpaired) electrons. The quantitative estimate of drug-likeness (QED) is 0.515. The molecule has 2 fully saturated rings. The number of fused-ring (bicyclic) bond motifs is 2. The fraction of sp³-hybridized carbons (Fsp3) is 0.577. The number of ether oxygens (including phenoxy) is 1. The van der Waals surface area contributed by atoms with Crippen LogP contribution in [-0.2, 0) is 0 Å². The molecule has 4 heteroatoms. The van der Waals surface area contributed by atoms with E-state index in [0.29, 0.717) is 18.0 Å². The highest BCUT2D eigenvalue weighted by Gasteiger charge is 2.43. The molecule has 0 saturated carbocycles. The molecule has 2 aliphatic heterocycles. The maximum atomic E-state index is 6.14. The number of hydrogen-bond acceptors (Lipinski definition) is 4. The number of para-hydroxylation sites is 1. The highest BCUT2D eigenvalue weighted by atomic mass is 16.7. The van der Waals surface area contributed by atoms with Gasteiger partial charge in [0.2, 0.25) is 5.88 Å². The second kappa shape index (κ2) is 17.8. The van der Waals surface area contributed by atoms with E-state index < -0.39 is 0 Å². The van der Waals surface area contributed by atoms with Crippen LogP contribution in [0.4, 0.5) is 0 Å². The van der Waals surface area contributed by atoms with Crippen molar-refractivity contribution in [3.8, 4) is 11.6 Å². The molecule has 0 aliphatic carbocycles. The molecule has 4 rings (SSSR count). The summed E-state index contributed by atoms with van der Waals surface area (Å²) in [6.45, 7) is 16.0. The standard InChI is InChI=1S/C18H20N2O2.4C2H6/c1-2-6-16(7-3-1)21-17-12-14-9-10-15(13-17)20(14)22-18-8-4-5-11-19-18;4*1-2/h1-8,11,14-15,17H,9-10,12-13H2;4*1-2H3/t14-,15+,17?;;;;. The minimum absolute atomic E-state index is 0.281. The monoisotopic (exact) mass is 416 g/mol. The van der Waals surface area contributed by atoms with Crippen molar-refractivity contribution >= 4 is 0 Å². The van der Waals surface area contributed by atoms with Crippen molar-refractivity contribution < 1.29 is 9.57 Å². The van der Waals surface area contributed by atoms with E-state index in [4.69, 9.17) is 9.57 Å². The van der Waals surface area contributed by atoms with Crippen LogP contribution in [-0.4, -0.2) is 28.2 Å². The molecule has 3 heterocycles. The van der Waals surface area contributed by atoms with Crippen LogP contribution in [0.2, 0.25) is 0 Å². The highest BCUT2D eigenvalue weighted by Crippen LogP contribution is 2.37. The van der Waals surface area contributed by atoms with Gasteiger partial charge in [0.1, 0.15) is 11.9 Å². The zero-order chi connectivity index (χ0) is 22.8. The number of hydrogen-bond donors (Lipinski definition) is 0. The van der Waals surface area contributed by atoms with E-state index in [1.807, 2.05) is 104 Å². The molecule has 0 spiro atoms. The van der Waals surface area contributed by atoms with Crippen LogP contribution in [0, 0.1) is 0 Å². The number of benzene rings is 1. The number of nitrogens with zero attached hydrogens (tertiary/aromatic N) is 2. The van der Waals surface area contributed by atoms with E-state index in [2.05, 4.69) is 10.0 Å². The van der Waals surface area contributed by atoms with Crippen LogP contribution < -0.4 is 9.57 Å². The summed E-state index contributed by atoms with van der Waals surface area (Å²) in [5.74, 6) is 1.65. The lowest BCUT2D eigenvalue weighted by Gasteiger charge is -2.37. The molecule has 3 atom stereocenters. The van der Waals surface area contributed by atoms with Crippen LogP contribution in [0.5, 0.6) is 11.6 Å². The summed E-state index contributed by atoms with van der Waals surface area (Å²) in [5, 5.41) is 2.15. The third-order valence-electron chi connectivity index (χ3n) is 4.51. The first-order chi connectivity index (χ1) is 14.9. The van der Waals surface area contributed by atoms with E-state index in [1.165, 1.54) is 12.8 Å².